The highest BCUT2D eigenvalue weighted by Crippen LogP contribution is 2.26. The Bertz CT molecular complexity index is 1310. The van der Waals surface area contributed by atoms with Gasteiger partial charge in [-0.25, -0.2) is 4.98 Å². The number of benzene rings is 2. The molecule has 0 unspecified atom stereocenters. The standard InChI is InChI=1S/C20H17N7O/c1-27-11-12(10-22-27)9-21-20(28)13-6-7-16-17(8-13)24-19(23-16)18-14-4-2-3-5-15(14)25-26-18/h2-8,10-11H,9H2,1H3,(H,21,28)(H,23,24)(H,25,26). The number of aromatic amines is 2. The normalized spacial score (nSPS) is 11.3. The summed E-state index contributed by atoms with van der Waals surface area (Å²) in [6.45, 7) is 0.429. The second-order valence-electron chi connectivity index (χ2n) is 6.64. The van der Waals surface area contributed by atoms with Crippen molar-refractivity contribution < 1.29 is 4.79 Å². The van der Waals surface area contributed by atoms with Crippen LogP contribution in [0.15, 0.2) is 54.9 Å². The van der Waals surface area contributed by atoms with Crippen LogP contribution in [-0.2, 0) is 13.6 Å². The van der Waals surface area contributed by atoms with Crippen LogP contribution in [-0.4, -0.2) is 35.9 Å². The van der Waals surface area contributed by atoms with E-state index in [4.69, 9.17) is 0 Å². The maximum Gasteiger partial charge on any atom is 0.251 e. The van der Waals surface area contributed by atoms with Crippen LogP contribution in [0.3, 0.4) is 0 Å². The quantitative estimate of drug-likeness (QED) is 0.452. The van der Waals surface area contributed by atoms with E-state index >= 15 is 0 Å². The molecule has 5 aromatic rings. The van der Waals surface area contributed by atoms with Gasteiger partial charge in [0.25, 0.3) is 5.91 Å². The summed E-state index contributed by atoms with van der Waals surface area (Å²) in [5.74, 6) is 0.521. The van der Waals surface area contributed by atoms with E-state index in [1.807, 2.05) is 43.6 Å². The minimum atomic E-state index is -0.146. The van der Waals surface area contributed by atoms with E-state index in [1.165, 1.54) is 0 Å². The number of nitrogens with one attached hydrogen (secondary N) is 3. The zero-order chi connectivity index (χ0) is 19.1. The first kappa shape index (κ1) is 16.2. The first-order chi connectivity index (χ1) is 13.7. The number of imidazole rings is 1. The molecule has 0 fully saturated rings. The third kappa shape index (κ3) is 2.81. The summed E-state index contributed by atoms with van der Waals surface area (Å²) in [6, 6.07) is 13.3. The summed E-state index contributed by atoms with van der Waals surface area (Å²) >= 11 is 0. The Morgan fingerprint density at radius 2 is 2.07 bits per heavy atom. The van der Waals surface area contributed by atoms with Gasteiger partial charge in [0, 0.05) is 36.3 Å². The first-order valence-corrected chi connectivity index (χ1v) is 8.86. The molecule has 0 radical (unpaired) electrons. The molecule has 0 aliphatic heterocycles. The van der Waals surface area contributed by atoms with Crippen LogP contribution in [0.4, 0.5) is 0 Å². The van der Waals surface area contributed by atoms with Crippen LogP contribution in [0.1, 0.15) is 15.9 Å². The van der Waals surface area contributed by atoms with Gasteiger partial charge in [0.1, 0.15) is 5.69 Å². The fraction of sp³-hybridized carbons (Fsp3) is 0.100. The van der Waals surface area contributed by atoms with Crippen molar-refractivity contribution in [2.24, 2.45) is 7.05 Å². The van der Waals surface area contributed by atoms with Crippen LogP contribution in [0.2, 0.25) is 0 Å². The summed E-state index contributed by atoms with van der Waals surface area (Å²) in [4.78, 5) is 20.4. The molecule has 8 nitrogen and oxygen atoms in total. The van der Waals surface area contributed by atoms with Gasteiger partial charge in [-0.1, -0.05) is 18.2 Å². The van der Waals surface area contributed by atoms with Gasteiger partial charge in [0.2, 0.25) is 0 Å². The predicted molar refractivity (Wildman–Crippen MR) is 106 cm³/mol. The number of H-pyrrole nitrogens is 2. The molecule has 8 heteroatoms. The van der Waals surface area contributed by atoms with Crippen LogP contribution in [0, 0.1) is 0 Å². The number of hydrogen-bond acceptors (Lipinski definition) is 4. The van der Waals surface area contributed by atoms with E-state index in [2.05, 4.69) is 30.6 Å². The van der Waals surface area contributed by atoms with Gasteiger partial charge in [-0.15, -0.1) is 0 Å². The molecule has 0 spiro atoms. The van der Waals surface area contributed by atoms with E-state index in [1.54, 1.807) is 23.0 Å². The number of carbonyl (C=O) groups is 1. The molecule has 0 aliphatic carbocycles. The molecule has 28 heavy (non-hydrogen) atoms. The largest absolute Gasteiger partial charge is 0.348 e. The monoisotopic (exact) mass is 371 g/mol. The van der Waals surface area contributed by atoms with Gasteiger partial charge < -0.3 is 10.3 Å². The minimum absolute atomic E-state index is 0.146. The number of amides is 1. The van der Waals surface area contributed by atoms with Crippen molar-refractivity contribution in [3.8, 4) is 11.5 Å². The molecule has 138 valence electrons. The minimum Gasteiger partial charge on any atom is -0.348 e. The summed E-state index contributed by atoms with van der Waals surface area (Å²) in [5, 5.41) is 15.4. The smallest absolute Gasteiger partial charge is 0.251 e. The van der Waals surface area contributed by atoms with Gasteiger partial charge in [0.15, 0.2) is 5.82 Å². The Hall–Kier alpha value is -3.94. The molecular weight excluding hydrogens is 354 g/mol. The maximum absolute atomic E-state index is 12.5. The SMILES string of the molecule is Cn1cc(CNC(=O)c2ccc3nc(-c4n[nH]c5ccccc45)[nH]c3c2)cn1. The lowest BCUT2D eigenvalue weighted by Gasteiger charge is -2.03. The number of nitrogens with zero attached hydrogens (tertiary/aromatic N) is 4. The highest BCUT2D eigenvalue weighted by molar-refractivity contribution is 5.98. The maximum atomic E-state index is 12.5. The molecule has 0 aliphatic rings. The summed E-state index contributed by atoms with van der Waals surface area (Å²) in [5.41, 5.74) is 4.80. The van der Waals surface area contributed by atoms with Gasteiger partial charge >= 0.3 is 0 Å². The van der Waals surface area contributed by atoms with Crippen LogP contribution in [0.5, 0.6) is 0 Å². The van der Waals surface area contributed by atoms with Crippen LogP contribution < -0.4 is 5.32 Å². The van der Waals surface area contributed by atoms with E-state index < -0.39 is 0 Å². The summed E-state index contributed by atoms with van der Waals surface area (Å²) < 4.78 is 1.71. The van der Waals surface area contributed by atoms with Crippen molar-refractivity contribution in [3.63, 3.8) is 0 Å². The molecule has 5 rings (SSSR count). The second-order valence-corrected chi connectivity index (χ2v) is 6.64. The Balaban J connectivity index is 1.42. The van der Waals surface area contributed by atoms with E-state index in [9.17, 15) is 4.79 Å². The Morgan fingerprint density at radius 3 is 2.93 bits per heavy atom. The van der Waals surface area contributed by atoms with Crippen molar-refractivity contribution in [1.29, 1.82) is 0 Å². The number of rotatable bonds is 4. The molecule has 0 saturated carbocycles. The first-order valence-electron chi connectivity index (χ1n) is 8.86. The number of hydrogen-bond donors (Lipinski definition) is 3. The second kappa shape index (κ2) is 6.34. The zero-order valence-electron chi connectivity index (χ0n) is 15.1. The van der Waals surface area contributed by atoms with Crippen molar-refractivity contribution in [2.75, 3.05) is 0 Å². The topological polar surface area (TPSA) is 104 Å². The number of para-hydroxylation sites is 1. The lowest BCUT2D eigenvalue weighted by Crippen LogP contribution is -2.22. The van der Waals surface area contributed by atoms with Gasteiger partial charge in [0.05, 0.1) is 22.7 Å². The molecular formula is C20H17N7O. The average molecular weight is 371 g/mol. The molecule has 0 atom stereocenters. The number of aryl methyl sites for hydroxylation is 1. The molecule has 2 aromatic carbocycles. The van der Waals surface area contributed by atoms with E-state index in [0.717, 1.165) is 33.2 Å². The average Bonchev–Trinajstić information content (AvgIpc) is 3.42. The lowest BCUT2D eigenvalue weighted by atomic mass is 10.2. The van der Waals surface area contributed by atoms with Crippen LogP contribution in [0.25, 0.3) is 33.5 Å². The Labute approximate surface area is 159 Å². The van der Waals surface area contributed by atoms with Gasteiger partial charge in [-0.2, -0.15) is 10.2 Å². The van der Waals surface area contributed by atoms with Gasteiger partial charge in [-0.3, -0.25) is 14.6 Å². The Morgan fingerprint density at radius 1 is 1.18 bits per heavy atom. The number of fused-ring (bicyclic) bond motifs is 2. The zero-order valence-corrected chi connectivity index (χ0v) is 15.1. The number of carbonyl (C=O) groups excluding carboxylic acids is 1. The van der Waals surface area contributed by atoms with Crippen LogP contribution >= 0.6 is 0 Å². The highest BCUT2D eigenvalue weighted by atomic mass is 16.1. The molecule has 0 bridgehead atoms. The molecule has 3 aromatic heterocycles. The lowest BCUT2D eigenvalue weighted by molar-refractivity contribution is 0.0951. The summed E-state index contributed by atoms with van der Waals surface area (Å²) in [7, 11) is 1.84. The van der Waals surface area contributed by atoms with E-state index in [-0.39, 0.29) is 5.91 Å². The third-order valence-corrected chi connectivity index (χ3v) is 4.65. The molecule has 3 heterocycles. The van der Waals surface area contributed by atoms with Crippen molar-refractivity contribution in [2.45, 2.75) is 6.54 Å². The fourth-order valence-electron chi connectivity index (χ4n) is 3.25. The molecule has 0 saturated heterocycles. The van der Waals surface area contributed by atoms with Crippen molar-refractivity contribution in [1.82, 2.24) is 35.3 Å². The van der Waals surface area contributed by atoms with Crippen molar-refractivity contribution in [3.05, 3.63) is 66.0 Å². The Kier molecular flexibility index (Phi) is 3.68. The number of aromatic nitrogens is 6. The molecule has 3 N–H and O–H groups in total. The van der Waals surface area contributed by atoms with Gasteiger partial charge in [-0.05, 0) is 24.3 Å². The summed E-state index contributed by atoms with van der Waals surface area (Å²) in [6.07, 6.45) is 3.61. The van der Waals surface area contributed by atoms with E-state index in [0.29, 0.717) is 17.9 Å². The highest BCUT2D eigenvalue weighted by Gasteiger charge is 2.14. The third-order valence-electron chi connectivity index (χ3n) is 4.65. The predicted octanol–water partition coefficient (Wildman–Crippen LogP) is 2.77. The molecule has 1 amide bonds. The fourth-order valence-corrected chi connectivity index (χ4v) is 3.25. The van der Waals surface area contributed by atoms with Crippen molar-refractivity contribution >= 4 is 27.8 Å².